The van der Waals surface area contributed by atoms with Gasteiger partial charge >= 0.3 is 5.97 Å². The standard InChI is InChI=1S/C10H9NO2/c1-7-4-5-11-8(6-7)2-3-9(11)10(12)13/h2-6H,1H3,(H,12,13). The van der Waals surface area contributed by atoms with Crippen molar-refractivity contribution in [3.63, 3.8) is 0 Å². The molecule has 0 aliphatic carbocycles. The normalized spacial score (nSPS) is 10.5. The van der Waals surface area contributed by atoms with Crippen LogP contribution in [-0.4, -0.2) is 15.5 Å². The molecule has 0 fully saturated rings. The van der Waals surface area contributed by atoms with E-state index in [9.17, 15) is 4.79 Å². The van der Waals surface area contributed by atoms with Crippen molar-refractivity contribution >= 4 is 11.5 Å². The van der Waals surface area contributed by atoms with Crippen LogP contribution in [0.1, 0.15) is 16.1 Å². The molecule has 0 saturated carbocycles. The summed E-state index contributed by atoms with van der Waals surface area (Å²) in [6, 6.07) is 7.25. The van der Waals surface area contributed by atoms with Gasteiger partial charge in [-0.3, -0.25) is 0 Å². The van der Waals surface area contributed by atoms with E-state index < -0.39 is 5.97 Å². The molecule has 2 rings (SSSR count). The Morgan fingerprint density at radius 3 is 2.85 bits per heavy atom. The lowest BCUT2D eigenvalue weighted by atomic mass is 10.3. The van der Waals surface area contributed by atoms with Gasteiger partial charge in [0, 0.05) is 11.7 Å². The maximum absolute atomic E-state index is 10.7. The van der Waals surface area contributed by atoms with Crippen LogP contribution in [-0.2, 0) is 0 Å². The van der Waals surface area contributed by atoms with Crippen LogP contribution < -0.4 is 0 Å². The smallest absolute Gasteiger partial charge is 0.352 e. The number of aryl methyl sites for hydroxylation is 1. The molecular formula is C10H9NO2. The Bertz CT molecular complexity index is 471. The van der Waals surface area contributed by atoms with E-state index in [1.165, 1.54) is 0 Å². The fraction of sp³-hybridized carbons (Fsp3) is 0.100. The molecular weight excluding hydrogens is 166 g/mol. The lowest BCUT2D eigenvalue weighted by Gasteiger charge is -1.98. The maximum atomic E-state index is 10.7. The number of hydrogen-bond donors (Lipinski definition) is 1. The molecule has 0 spiro atoms. The summed E-state index contributed by atoms with van der Waals surface area (Å²) in [5.74, 6) is -0.899. The zero-order valence-electron chi connectivity index (χ0n) is 7.19. The van der Waals surface area contributed by atoms with E-state index in [2.05, 4.69) is 0 Å². The second kappa shape index (κ2) is 2.62. The van der Waals surface area contributed by atoms with Gasteiger partial charge in [-0.05, 0) is 36.8 Å². The summed E-state index contributed by atoms with van der Waals surface area (Å²) in [4.78, 5) is 10.7. The number of aromatic nitrogens is 1. The third-order valence-corrected chi connectivity index (χ3v) is 2.03. The van der Waals surface area contributed by atoms with E-state index in [1.807, 2.05) is 19.1 Å². The Morgan fingerprint density at radius 2 is 2.15 bits per heavy atom. The van der Waals surface area contributed by atoms with E-state index >= 15 is 0 Å². The highest BCUT2D eigenvalue weighted by atomic mass is 16.4. The summed E-state index contributed by atoms with van der Waals surface area (Å²) in [6.45, 7) is 1.98. The lowest BCUT2D eigenvalue weighted by molar-refractivity contribution is 0.0689. The van der Waals surface area contributed by atoms with Crippen LogP contribution in [0.3, 0.4) is 0 Å². The summed E-state index contributed by atoms with van der Waals surface area (Å²) in [7, 11) is 0. The molecule has 2 aromatic heterocycles. The van der Waals surface area contributed by atoms with Crippen molar-refractivity contribution < 1.29 is 9.90 Å². The van der Waals surface area contributed by atoms with Crippen LogP contribution in [0.2, 0.25) is 0 Å². The number of aromatic carboxylic acids is 1. The molecule has 3 heteroatoms. The van der Waals surface area contributed by atoms with Crippen LogP contribution in [0.5, 0.6) is 0 Å². The maximum Gasteiger partial charge on any atom is 0.352 e. The van der Waals surface area contributed by atoms with E-state index in [-0.39, 0.29) is 0 Å². The molecule has 2 heterocycles. The van der Waals surface area contributed by atoms with Crippen molar-refractivity contribution in [3.05, 3.63) is 41.7 Å². The molecule has 2 aromatic rings. The number of carboxylic acids is 1. The number of nitrogens with zero attached hydrogens (tertiary/aromatic N) is 1. The van der Waals surface area contributed by atoms with Gasteiger partial charge in [-0.25, -0.2) is 4.79 Å². The highest BCUT2D eigenvalue weighted by Crippen LogP contribution is 2.11. The number of hydrogen-bond acceptors (Lipinski definition) is 1. The number of pyridine rings is 1. The molecule has 13 heavy (non-hydrogen) atoms. The molecule has 0 unspecified atom stereocenters. The number of carboxylic acid groups (broad SMARTS) is 1. The van der Waals surface area contributed by atoms with Gasteiger partial charge in [0.15, 0.2) is 0 Å². The van der Waals surface area contributed by atoms with E-state index in [1.54, 1.807) is 22.7 Å². The number of carbonyl (C=O) groups is 1. The fourth-order valence-electron chi connectivity index (χ4n) is 1.40. The molecule has 0 atom stereocenters. The summed E-state index contributed by atoms with van der Waals surface area (Å²) in [6.07, 6.45) is 1.77. The van der Waals surface area contributed by atoms with Gasteiger partial charge in [0.05, 0.1) is 0 Å². The molecule has 0 aliphatic rings. The second-order valence-electron chi connectivity index (χ2n) is 3.02. The molecule has 0 radical (unpaired) electrons. The Balaban J connectivity index is 2.76. The van der Waals surface area contributed by atoms with Gasteiger partial charge < -0.3 is 9.51 Å². The SMILES string of the molecule is Cc1ccn2c(C(=O)O)ccc2c1. The average molecular weight is 175 g/mol. The van der Waals surface area contributed by atoms with Crippen LogP contribution >= 0.6 is 0 Å². The van der Waals surface area contributed by atoms with Gasteiger partial charge in [0.25, 0.3) is 0 Å². The molecule has 66 valence electrons. The van der Waals surface area contributed by atoms with Gasteiger partial charge in [0.1, 0.15) is 5.69 Å². The van der Waals surface area contributed by atoms with Crippen molar-refractivity contribution in [1.29, 1.82) is 0 Å². The summed E-state index contributed by atoms with van der Waals surface area (Å²) in [5, 5.41) is 8.82. The second-order valence-corrected chi connectivity index (χ2v) is 3.02. The van der Waals surface area contributed by atoms with E-state index in [4.69, 9.17) is 5.11 Å². The first-order valence-electron chi connectivity index (χ1n) is 3.99. The number of rotatable bonds is 1. The first-order valence-corrected chi connectivity index (χ1v) is 3.99. The predicted octanol–water partition coefficient (Wildman–Crippen LogP) is 1.95. The van der Waals surface area contributed by atoms with Crippen molar-refractivity contribution in [1.82, 2.24) is 4.40 Å². The fourth-order valence-corrected chi connectivity index (χ4v) is 1.40. The predicted molar refractivity (Wildman–Crippen MR) is 49.1 cm³/mol. The van der Waals surface area contributed by atoms with Crippen LogP contribution in [0, 0.1) is 6.92 Å². The molecule has 0 amide bonds. The van der Waals surface area contributed by atoms with Crippen molar-refractivity contribution in [3.8, 4) is 0 Å². The van der Waals surface area contributed by atoms with Crippen LogP contribution in [0.25, 0.3) is 5.52 Å². The topological polar surface area (TPSA) is 41.7 Å². The zero-order valence-corrected chi connectivity index (χ0v) is 7.19. The first-order chi connectivity index (χ1) is 6.18. The molecule has 0 aliphatic heterocycles. The van der Waals surface area contributed by atoms with Crippen molar-refractivity contribution in [2.24, 2.45) is 0 Å². The zero-order chi connectivity index (χ0) is 9.42. The Labute approximate surface area is 75.2 Å². The average Bonchev–Trinajstić information content (AvgIpc) is 2.46. The molecule has 0 bridgehead atoms. The summed E-state index contributed by atoms with van der Waals surface area (Å²) in [5.41, 5.74) is 2.34. The van der Waals surface area contributed by atoms with Crippen molar-refractivity contribution in [2.75, 3.05) is 0 Å². The minimum Gasteiger partial charge on any atom is -0.477 e. The third-order valence-electron chi connectivity index (χ3n) is 2.03. The highest BCUT2D eigenvalue weighted by molar-refractivity contribution is 5.87. The molecule has 3 nitrogen and oxygen atoms in total. The summed E-state index contributed by atoms with van der Waals surface area (Å²) < 4.78 is 1.66. The van der Waals surface area contributed by atoms with Crippen LogP contribution in [0.15, 0.2) is 30.5 Å². The van der Waals surface area contributed by atoms with Crippen molar-refractivity contribution in [2.45, 2.75) is 6.92 Å². The van der Waals surface area contributed by atoms with E-state index in [0.29, 0.717) is 5.69 Å². The minimum atomic E-state index is -0.899. The molecule has 0 saturated heterocycles. The Hall–Kier alpha value is -1.77. The van der Waals surface area contributed by atoms with Gasteiger partial charge in [-0.2, -0.15) is 0 Å². The summed E-state index contributed by atoms with van der Waals surface area (Å²) >= 11 is 0. The molecule has 1 N–H and O–H groups in total. The number of fused-ring (bicyclic) bond motifs is 1. The first kappa shape index (κ1) is 7.86. The highest BCUT2D eigenvalue weighted by Gasteiger charge is 2.07. The Kier molecular flexibility index (Phi) is 1.59. The van der Waals surface area contributed by atoms with Gasteiger partial charge in [-0.1, -0.05) is 0 Å². The Morgan fingerprint density at radius 1 is 1.38 bits per heavy atom. The lowest BCUT2D eigenvalue weighted by Crippen LogP contribution is -2.00. The van der Waals surface area contributed by atoms with Crippen LogP contribution in [0.4, 0.5) is 0 Å². The third kappa shape index (κ3) is 1.18. The van der Waals surface area contributed by atoms with Gasteiger partial charge in [0.2, 0.25) is 0 Å². The minimum absolute atomic E-state index is 0.301. The van der Waals surface area contributed by atoms with Gasteiger partial charge in [-0.15, -0.1) is 0 Å². The monoisotopic (exact) mass is 175 g/mol. The molecule has 0 aromatic carbocycles. The quantitative estimate of drug-likeness (QED) is 0.719. The largest absolute Gasteiger partial charge is 0.477 e. The van der Waals surface area contributed by atoms with E-state index in [0.717, 1.165) is 11.1 Å².